The minimum absolute atomic E-state index is 0.00310. The molecular weight excluding hydrogens is 676 g/mol. The minimum Gasteiger partial charge on any atom is -0.480 e. The third kappa shape index (κ3) is 8.40. The smallest absolute Gasteiger partial charge is 0.319 e. The Morgan fingerprint density at radius 2 is 1.57 bits per heavy atom. The number of nitrogens with one attached hydrogen (secondary N) is 1. The van der Waals surface area contributed by atoms with E-state index in [1.165, 1.54) is 34.6 Å². The Morgan fingerprint density at radius 1 is 0.922 bits per heavy atom. The number of rotatable bonds is 10. The number of methoxy groups -OCH3 is 4. The first-order valence-electron chi connectivity index (χ1n) is 15.9. The van der Waals surface area contributed by atoms with Gasteiger partial charge in [-0.25, -0.2) is 9.97 Å². The second-order valence-corrected chi connectivity index (χ2v) is 11.8. The van der Waals surface area contributed by atoms with Gasteiger partial charge in [-0.15, -0.1) is 0 Å². The van der Waals surface area contributed by atoms with Crippen molar-refractivity contribution in [2.45, 2.75) is 39.7 Å². The lowest BCUT2D eigenvalue weighted by Gasteiger charge is -2.22. The average Bonchev–Trinajstić information content (AvgIpc) is 3.23. The van der Waals surface area contributed by atoms with Crippen LogP contribution in [0.25, 0.3) is 0 Å². The molecule has 1 unspecified atom stereocenters. The van der Waals surface area contributed by atoms with E-state index in [9.17, 15) is 9.59 Å². The van der Waals surface area contributed by atoms with Crippen LogP contribution >= 0.6 is 11.6 Å². The predicted molar refractivity (Wildman–Crippen MR) is 196 cm³/mol. The van der Waals surface area contributed by atoms with Crippen molar-refractivity contribution in [3.05, 3.63) is 81.6 Å². The fourth-order valence-corrected chi connectivity index (χ4v) is 5.44. The number of amides is 2. The molecule has 0 spiro atoms. The number of benzene rings is 2. The summed E-state index contributed by atoms with van der Waals surface area (Å²) in [5, 5.41) is 9.21. The molecule has 14 nitrogen and oxygen atoms in total. The molecule has 3 heterocycles. The van der Waals surface area contributed by atoms with Crippen LogP contribution in [-0.4, -0.2) is 91.8 Å². The molecular formula is C36H41ClN8O6. The number of carbonyl (C=O) groups is 2. The fourth-order valence-electron chi connectivity index (χ4n) is 5.27. The molecule has 0 aliphatic carbocycles. The Hall–Kier alpha value is -5.63. The SMILES string of the molecule is CCCC(=O)N(C)c1ccc(C)cc1C(=N)c1cnc(OC)nc1OC.COc1ncc(C2=NC(C)C(=O)N(C)c3ccc(Cl)cc32)c(OC)n1. The highest BCUT2D eigenvalue weighted by Crippen LogP contribution is 2.33. The van der Waals surface area contributed by atoms with Gasteiger partial charge in [-0.1, -0.05) is 30.2 Å². The van der Waals surface area contributed by atoms with Gasteiger partial charge in [0.15, 0.2) is 0 Å². The number of halogens is 1. The number of anilines is 2. The zero-order valence-corrected chi connectivity index (χ0v) is 30.8. The summed E-state index contributed by atoms with van der Waals surface area (Å²) < 4.78 is 20.7. The summed E-state index contributed by atoms with van der Waals surface area (Å²) in [4.78, 5) is 49.2. The van der Waals surface area contributed by atoms with Crippen molar-refractivity contribution in [1.29, 1.82) is 5.41 Å². The maximum Gasteiger partial charge on any atom is 0.319 e. The molecule has 2 aromatic heterocycles. The predicted octanol–water partition coefficient (Wildman–Crippen LogP) is 5.33. The van der Waals surface area contributed by atoms with Crippen LogP contribution in [0.15, 0.2) is 53.8 Å². The number of benzodiazepines with no additional fused rings is 1. The highest BCUT2D eigenvalue weighted by molar-refractivity contribution is 6.32. The van der Waals surface area contributed by atoms with E-state index in [2.05, 4.69) is 24.9 Å². The largest absolute Gasteiger partial charge is 0.480 e. The second kappa shape index (κ2) is 16.9. The molecule has 0 fully saturated rings. The van der Waals surface area contributed by atoms with Gasteiger partial charge in [-0.3, -0.25) is 20.0 Å². The zero-order valence-electron chi connectivity index (χ0n) is 30.1. The van der Waals surface area contributed by atoms with Crippen LogP contribution in [0, 0.1) is 12.3 Å². The molecule has 0 saturated heterocycles. The maximum atomic E-state index is 12.5. The van der Waals surface area contributed by atoms with Gasteiger partial charge in [-0.05, 0) is 50.6 Å². The third-order valence-corrected chi connectivity index (χ3v) is 8.18. The summed E-state index contributed by atoms with van der Waals surface area (Å²) in [6, 6.07) is 10.7. The number of hydrogen-bond donors (Lipinski definition) is 1. The number of aromatic nitrogens is 4. The molecule has 2 amide bonds. The summed E-state index contributed by atoms with van der Waals surface area (Å²) in [7, 11) is 9.36. The van der Waals surface area contributed by atoms with E-state index >= 15 is 0 Å². The van der Waals surface area contributed by atoms with E-state index in [0.717, 1.165) is 12.0 Å². The summed E-state index contributed by atoms with van der Waals surface area (Å²) in [6.07, 6.45) is 4.28. The number of hydrogen-bond acceptors (Lipinski definition) is 12. The summed E-state index contributed by atoms with van der Waals surface area (Å²) in [6.45, 7) is 5.64. The van der Waals surface area contributed by atoms with Crippen molar-refractivity contribution >= 4 is 46.2 Å². The molecule has 0 saturated carbocycles. The molecule has 51 heavy (non-hydrogen) atoms. The molecule has 1 aliphatic heterocycles. The molecule has 268 valence electrons. The van der Waals surface area contributed by atoms with Crippen molar-refractivity contribution in [3.63, 3.8) is 0 Å². The van der Waals surface area contributed by atoms with Gasteiger partial charge >= 0.3 is 12.0 Å². The third-order valence-electron chi connectivity index (χ3n) is 7.95. The molecule has 0 bridgehead atoms. The van der Waals surface area contributed by atoms with E-state index in [-0.39, 0.29) is 35.4 Å². The van der Waals surface area contributed by atoms with Crippen LogP contribution in [0.5, 0.6) is 23.8 Å². The normalized spacial score (nSPS) is 13.5. The standard InChI is InChI=1S/C19H24N4O3.C17H17ClN4O3/c1-6-7-16(24)23(3)15-9-8-12(2)10-13(15)17(20)14-11-21-19(26-5)22-18(14)25-4;1-9-16(23)22(2)13-6-5-10(18)7-11(13)14(20-9)12-8-19-17(25-4)21-15(12)24-3/h8-11,20H,6-7H2,1-5H3;5-9H,1-4H3. The number of aryl methyl sites for hydroxylation is 1. The van der Waals surface area contributed by atoms with Crippen LogP contribution in [0.4, 0.5) is 11.4 Å². The van der Waals surface area contributed by atoms with Crippen LogP contribution in [0.3, 0.4) is 0 Å². The second-order valence-electron chi connectivity index (χ2n) is 11.4. The maximum absolute atomic E-state index is 12.5. The molecule has 0 radical (unpaired) electrons. The Labute approximate surface area is 302 Å². The van der Waals surface area contributed by atoms with E-state index < -0.39 is 6.04 Å². The molecule has 5 rings (SSSR count). The zero-order chi connectivity index (χ0) is 37.4. The lowest BCUT2D eigenvalue weighted by molar-refractivity contribution is -0.119. The van der Waals surface area contributed by atoms with Crippen LogP contribution in [0.1, 0.15) is 54.5 Å². The van der Waals surface area contributed by atoms with Crippen molar-refractivity contribution in [3.8, 4) is 23.8 Å². The molecule has 1 N–H and O–H groups in total. The summed E-state index contributed by atoms with van der Waals surface area (Å²) in [5.74, 6) is 0.438. The van der Waals surface area contributed by atoms with E-state index in [4.69, 9.17) is 36.0 Å². The van der Waals surface area contributed by atoms with Crippen molar-refractivity contribution < 1.29 is 28.5 Å². The van der Waals surface area contributed by atoms with E-state index in [1.54, 1.807) is 55.2 Å². The molecule has 15 heteroatoms. The van der Waals surface area contributed by atoms with E-state index in [1.807, 2.05) is 32.0 Å². The Balaban J connectivity index is 0.000000229. The average molecular weight is 717 g/mol. The van der Waals surface area contributed by atoms with Gasteiger partial charge in [0.05, 0.1) is 62.4 Å². The van der Waals surface area contributed by atoms with Crippen molar-refractivity contribution in [1.82, 2.24) is 19.9 Å². The van der Waals surface area contributed by atoms with Gasteiger partial charge in [-0.2, -0.15) is 9.97 Å². The molecule has 1 aliphatic rings. The Kier molecular flexibility index (Phi) is 12.6. The van der Waals surface area contributed by atoms with Crippen molar-refractivity contribution in [2.24, 2.45) is 4.99 Å². The van der Waals surface area contributed by atoms with Gasteiger partial charge in [0, 0.05) is 49.1 Å². The lowest BCUT2D eigenvalue weighted by atomic mass is 9.99. The Bertz CT molecular complexity index is 1970. The molecule has 4 aromatic rings. The number of nitrogens with zero attached hydrogens (tertiary/aromatic N) is 7. The monoisotopic (exact) mass is 716 g/mol. The number of carbonyl (C=O) groups excluding carboxylic acids is 2. The highest BCUT2D eigenvalue weighted by Gasteiger charge is 2.29. The molecule has 1 atom stereocenters. The first kappa shape index (κ1) is 38.2. The van der Waals surface area contributed by atoms with Crippen molar-refractivity contribution in [2.75, 3.05) is 52.3 Å². The first-order chi connectivity index (χ1) is 24.4. The minimum atomic E-state index is -0.571. The van der Waals surface area contributed by atoms with E-state index in [0.29, 0.717) is 56.7 Å². The molecule has 2 aromatic carbocycles. The van der Waals surface area contributed by atoms with Crippen LogP contribution in [-0.2, 0) is 9.59 Å². The highest BCUT2D eigenvalue weighted by atomic mass is 35.5. The number of ether oxygens (including phenoxy) is 4. The number of likely N-dealkylation sites (N-methyl/N-ethyl adjacent to an activating group) is 1. The van der Waals surface area contributed by atoms with Gasteiger partial charge in [0.25, 0.3) is 5.91 Å². The summed E-state index contributed by atoms with van der Waals surface area (Å²) in [5.41, 5.74) is 5.38. The van der Waals surface area contributed by atoms with Crippen LogP contribution in [0.2, 0.25) is 5.02 Å². The Morgan fingerprint density at radius 3 is 2.20 bits per heavy atom. The van der Waals surface area contributed by atoms with Gasteiger partial charge in [0.1, 0.15) is 6.04 Å². The summed E-state index contributed by atoms with van der Waals surface area (Å²) >= 11 is 6.18. The van der Waals surface area contributed by atoms with Gasteiger partial charge in [0.2, 0.25) is 17.7 Å². The number of aliphatic imine (C=N–C) groups is 1. The quantitative estimate of drug-likeness (QED) is 0.212. The number of fused-ring (bicyclic) bond motifs is 1. The van der Waals surface area contributed by atoms with Crippen LogP contribution < -0.4 is 28.7 Å². The topological polar surface area (TPSA) is 165 Å². The van der Waals surface area contributed by atoms with Gasteiger partial charge < -0.3 is 28.7 Å². The first-order valence-corrected chi connectivity index (χ1v) is 16.3. The lowest BCUT2D eigenvalue weighted by Crippen LogP contribution is -2.32. The fraction of sp³-hybridized carbons (Fsp3) is 0.333.